The molecule has 0 saturated carbocycles. The van der Waals surface area contributed by atoms with Gasteiger partial charge in [0.15, 0.2) is 10.6 Å². The van der Waals surface area contributed by atoms with E-state index in [2.05, 4.69) is 44.3 Å². The van der Waals surface area contributed by atoms with Gasteiger partial charge in [-0.15, -0.1) is 11.3 Å². The lowest BCUT2D eigenvalue weighted by Crippen LogP contribution is -2.49. The normalized spacial score (nSPS) is 14.9. The summed E-state index contributed by atoms with van der Waals surface area (Å²) in [6, 6.07) is 14.3. The summed E-state index contributed by atoms with van der Waals surface area (Å²) in [7, 11) is 0. The van der Waals surface area contributed by atoms with E-state index in [9.17, 15) is 4.79 Å². The van der Waals surface area contributed by atoms with Gasteiger partial charge in [0.2, 0.25) is 5.91 Å². The Bertz CT molecular complexity index is 1250. The van der Waals surface area contributed by atoms with Crippen LogP contribution in [0.4, 0.5) is 0 Å². The molecule has 31 heavy (non-hydrogen) atoms. The molecule has 1 fully saturated rings. The van der Waals surface area contributed by atoms with Gasteiger partial charge in [0, 0.05) is 44.3 Å². The number of para-hydroxylation sites is 1. The first-order valence-corrected chi connectivity index (χ1v) is 11.5. The number of fused-ring (bicyclic) bond motifs is 1. The first-order chi connectivity index (χ1) is 15.2. The molecule has 0 bridgehead atoms. The van der Waals surface area contributed by atoms with Gasteiger partial charge in [0.25, 0.3) is 0 Å². The monoisotopic (exact) mass is 450 g/mol. The van der Waals surface area contributed by atoms with Crippen molar-refractivity contribution in [1.29, 1.82) is 0 Å². The van der Waals surface area contributed by atoms with Gasteiger partial charge in [-0.05, 0) is 35.3 Å². The molecule has 3 aromatic heterocycles. The highest BCUT2D eigenvalue weighted by atomic mass is 32.1. The third-order valence-electron chi connectivity index (χ3n) is 5.63. The number of aromatic nitrogens is 4. The average molecular weight is 451 g/mol. The number of benzene rings is 1. The molecule has 158 valence electrons. The van der Waals surface area contributed by atoms with Gasteiger partial charge in [0.1, 0.15) is 6.54 Å². The molecule has 0 spiro atoms. The van der Waals surface area contributed by atoms with Gasteiger partial charge >= 0.3 is 0 Å². The van der Waals surface area contributed by atoms with Crippen molar-refractivity contribution in [2.45, 2.75) is 13.1 Å². The second-order valence-corrected chi connectivity index (χ2v) is 8.90. The van der Waals surface area contributed by atoms with E-state index in [1.165, 1.54) is 5.56 Å². The molecule has 9 heteroatoms. The second-order valence-electron chi connectivity index (χ2n) is 7.57. The molecule has 0 radical (unpaired) electrons. The third-order valence-corrected chi connectivity index (χ3v) is 6.81. The Morgan fingerprint density at radius 2 is 1.94 bits per heavy atom. The maximum Gasteiger partial charge on any atom is 0.242 e. The number of hydrogen-bond acceptors (Lipinski definition) is 6. The summed E-state index contributed by atoms with van der Waals surface area (Å²) in [6.45, 7) is 4.13. The van der Waals surface area contributed by atoms with Crippen LogP contribution < -0.4 is 0 Å². The predicted molar refractivity (Wildman–Crippen MR) is 124 cm³/mol. The van der Waals surface area contributed by atoms with Crippen molar-refractivity contribution in [3.05, 3.63) is 64.4 Å². The number of piperazine rings is 1. The van der Waals surface area contributed by atoms with Crippen molar-refractivity contribution < 1.29 is 4.79 Å². The number of pyridine rings is 1. The highest BCUT2D eigenvalue weighted by Gasteiger charge is 2.23. The number of carbonyl (C=O) groups is 1. The number of aromatic amines is 1. The Morgan fingerprint density at radius 1 is 1.10 bits per heavy atom. The van der Waals surface area contributed by atoms with E-state index in [-0.39, 0.29) is 12.5 Å². The predicted octanol–water partition coefficient (Wildman–Crippen LogP) is 3.56. The molecule has 4 heterocycles. The van der Waals surface area contributed by atoms with Gasteiger partial charge in [-0.1, -0.05) is 30.3 Å². The first-order valence-electron chi connectivity index (χ1n) is 10.2. The number of rotatable bonds is 5. The molecule has 1 aliphatic heterocycles. The van der Waals surface area contributed by atoms with E-state index in [0.29, 0.717) is 17.9 Å². The van der Waals surface area contributed by atoms with E-state index in [1.54, 1.807) is 15.9 Å². The minimum atomic E-state index is 0.0711. The summed E-state index contributed by atoms with van der Waals surface area (Å²) in [5.41, 5.74) is 2.28. The lowest BCUT2D eigenvalue weighted by Gasteiger charge is -2.35. The maximum absolute atomic E-state index is 13.0. The summed E-state index contributed by atoms with van der Waals surface area (Å²) in [4.78, 5) is 22.8. The van der Waals surface area contributed by atoms with Crippen LogP contribution in [0.25, 0.3) is 21.6 Å². The number of carbonyl (C=O) groups excluding carboxylic acids is 1. The van der Waals surface area contributed by atoms with Gasteiger partial charge in [0.05, 0.1) is 10.4 Å². The van der Waals surface area contributed by atoms with Crippen LogP contribution in [0.1, 0.15) is 5.56 Å². The second kappa shape index (κ2) is 8.70. The number of thiophene rings is 1. The topological polar surface area (TPSA) is 70.1 Å². The molecule has 5 rings (SSSR count). The Kier molecular flexibility index (Phi) is 5.63. The first kappa shape index (κ1) is 20.0. The van der Waals surface area contributed by atoms with Crippen molar-refractivity contribution in [2.24, 2.45) is 0 Å². The molecular weight excluding hydrogens is 428 g/mol. The SMILES string of the molecule is O=C(Cn1c(-c2cccs2)n[nH]c1=S)N1CCN(Cc2cccc3cccnc23)CC1. The highest BCUT2D eigenvalue weighted by Crippen LogP contribution is 2.23. The molecule has 7 nitrogen and oxygen atoms in total. The maximum atomic E-state index is 13.0. The van der Waals surface area contributed by atoms with Crippen molar-refractivity contribution in [2.75, 3.05) is 26.2 Å². The van der Waals surface area contributed by atoms with Crippen LogP contribution in [0.3, 0.4) is 0 Å². The fourth-order valence-electron chi connectivity index (χ4n) is 3.98. The standard InChI is InChI=1S/C22H22N6OS2/c29-19(15-28-21(24-25-22(28)30)18-7-3-13-31-18)27-11-9-26(10-12-27)14-17-5-1-4-16-6-2-8-23-20(16)17/h1-8,13H,9-12,14-15H2,(H,25,30). The van der Waals surface area contributed by atoms with Crippen LogP contribution in [0, 0.1) is 4.77 Å². The molecule has 1 saturated heterocycles. The molecule has 1 amide bonds. The Morgan fingerprint density at radius 3 is 2.74 bits per heavy atom. The zero-order valence-electron chi connectivity index (χ0n) is 16.9. The van der Waals surface area contributed by atoms with Crippen molar-refractivity contribution in [3.63, 3.8) is 0 Å². The van der Waals surface area contributed by atoms with Crippen molar-refractivity contribution >= 4 is 40.4 Å². The molecule has 4 aromatic rings. The van der Waals surface area contributed by atoms with E-state index in [1.807, 2.05) is 34.7 Å². The van der Waals surface area contributed by atoms with Crippen LogP contribution >= 0.6 is 23.6 Å². The van der Waals surface area contributed by atoms with E-state index in [4.69, 9.17) is 12.2 Å². The number of hydrogen-bond donors (Lipinski definition) is 1. The molecule has 1 aliphatic rings. The largest absolute Gasteiger partial charge is 0.339 e. The Balaban J connectivity index is 1.23. The lowest BCUT2D eigenvalue weighted by atomic mass is 10.1. The molecule has 1 N–H and O–H groups in total. The summed E-state index contributed by atoms with van der Waals surface area (Å²) in [5.74, 6) is 0.789. The Labute approximate surface area is 189 Å². The quantitative estimate of drug-likeness (QED) is 0.471. The smallest absolute Gasteiger partial charge is 0.242 e. The van der Waals surface area contributed by atoms with Crippen LogP contribution in [-0.4, -0.2) is 61.6 Å². The molecule has 0 unspecified atom stereocenters. The van der Waals surface area contributed by atoms with Gasteiger partial charge in [-0.25, -0.2) is 0 Å². The lowest BCUT2D eigenvalue weighted by molar-refractivity contribution is -0.133. The zero-order chi connectivity index (χ0) is 21.2. The summed E-state index contributed by atoms with van der Waals surface area (Å²) in [6.07, 6.45) is 1.84. The average Bonchev–Trinajstić information content (AvgIpc) is 3.45. The van der Waals surface area contributed by atoms with Crippen molar-refractivity contribution in [1.82, 2.24) is 29.5 Å². The third kappa shape index (κ3) is 4.16. The van der Waals surface area contributed by atoms with Crippen LogP contribution in [0.15, 0.2) is 54.0 Å². The number of amides is 1. The fourth-order valence-corrected chi connectivity index (χ4v) is 4.90. The molecular formula is C22H22N6OS2. The minimum absolute atomic E-state index is 0.0711. The number of nitrogens with zero attached hydrogens (tertiary/aromatic N) is 5. The Hall–Kier alpha value is -2.88. The number of H-pyrrole nitrogens is 1. The summed E-state index contributed by atoms with van der Waals surface area (Å²) in [5, 5.41) is 10.3. The fraction of sp³-hybridized carbons (Fsp3) is 0.273. The molecule has 1 aromatic carbocycles. The van der Waals surface area contributed by atoms with E-state index >= 15 is 0 Å². The summed E-state index contributed by atoms with van der Waals surface area (Å²) < 4.78 is 2.26. The van der Waals surface area contributed by atoms with Crippen LogP contribution in [-0.2, 0) is 17.9 Å². The molecule has 0 aliphatic carbocycles. The van der Waals surface area contributed by atoms with Gasteiger partial charge < -0.3 is 4.90 Å². The van der Waals surface area contributed by atoms with Gasteiger partial charge in [-0.2, -0.15) is 5.10 Å². The van der Waals surface area contributed by atoms with E-state index < -0.39 is 0 Å². The van der Waals surface area contributed by atoms with Crippen LogP contribution in [0.2, 0.25) is 0 Å². The minimum Gasteiger partial charge on any atom is -0.339 e. The van der Waals surface area contributed by atoms with E-state index in [0.717, 1.165) is 41.2 Å². The van der Waals surface area contributed by atoms with Gasteiger partial charge in [-0.3, -0.25) is 24.3 Å². The number of nitrogens with one attached hydrogen (secondary N) is 1. The molecule has 0 atom stereocenters. The summed E-state index contributed by atoms with van der Waals surface area (Å²) >= 11 is 6.94. The highest BCUT2D eigenvalue weighted by molar-refractivity contribution is 7.71. The van der Waals surface area contributed by atoms with Crippen molar-refractivity contribution in [3.8, 4) is 10.7 Å². The zero-order valence-corrected chi connectivity index (χ0v) is 18.5. The van der Waals surface area contributed by atoms with Crippen LogP contribution in [0.5, 0.6) is 0 Å².